The Bertz CT molecular complexity index is 1180. The van der Waals surface area contributed by atoms with Gasteiger partial charge in [-0.15, -0.1) is 11.3 Å². The molecule has 0 amide bonds. The minimum atomic E-state index is -1.15. The fourth-order valence-electron chi connectivity index (χ4n) is 3.08. The van der Waals surface area contributed by atoms with Crippen molar-refractivity contribution in [1.82, 2.24) is 4.98 Å². The molecular weight excluding hydrogens is 423 g/mol. The van der Waals surface area contributed by atoms with Gasteiger partial charge >= 0.3 is 11.9 Å². The van der Waals surface area contributed by atoms with Crippen LogP contribution in [0.5, 0.6) is 5.88 Å². The van der Waals surface area contributed by atoms with Gasteiger partial charge in [-0.05, 0) is 49.6 Å². The Morgan fingerprint density at radius 3 is 2.48 bits per heavy atom. The van der Waals surface area contributed by atoms with Gasteiger partial charge in [0.1, 0.15) is 22.3 Å². The SMILES string of the molecule is CCOC(=O)c1c(CCc2ccc(F)cc2)nc(O)c(C#N)c1-c1ccc(C(=O)O)s1. The number of halogens is 1. The summed E-state index contributed by atoms with van der Waals surface area (Å²) in [7, 11) is 0. The number of nitrogens with zero attached hydrogens (tertiary/aromatic N) is 2. The Balaban J connectivity index is 2.16. The van der Waals surface area contributed by atoms with Crippen molar-refractivity contribution in [1.29, 1.82) is 5.26 Å². The van der Waals surface area contributed by atoms with Crippen LogP contribution in [0.4, 0.5) is 4.39 Å². The zero-order chi connectivity index (χ0) is 22.5. The predicted molar refractivity (Wildman–Crippen MR) is 111 cm³/mol. The summed E-state index contributed by atoms with van der Waals surface area (Å²) in [6.45, 7) is 1.70. The number of carbonyl (C=O) groups is 2. The van der Waals surface area contributed by atoms with Crippen molar-refractivity contribution in [2.24, 2.45) is 0 Å². The summed E-state index contributed by atoms with van der Waals surface area (Å²) in [4.78, 5) is 28.5. The van der Waals surface area contributed by atoms with Crippen molar-refractivity contribution in [2.45, 2.75) is 19.8 Å². The molecule has 0 aliphatic rings. The van der Waals surface area contributed by atoms with Crippen LogP contribution in [0.1, 0.15) is 43.8 Å². The Morgan fingerprint density at radius 2 is 1.90 bits per heavy atom. The highest BCUT2D eigenvalue weighted by Crippen LogP contribution is 2.38. The molecule has 2 heterocycles. The number of carboxylic acid groups (broad SMARTS) is 1. The zero-order valence-electron chi connectivity index (χ0n) is 16.4. The van der Waals surface area contributed by atoms with E-state index in [1.807, 2.05) is 6.07 Å². The molecule has 0 unspecified atom stereocenters. The van der Waals surface area contributed by atoms with Crippen LogP contribution < -0.4 is 0 Å². The van der Waals surface area contributed by atoms with Crippen LogP contribution in [0.15, 0.2) is 36.4 Å². The number of hydrogen-bond donors (Lipinski definition) is 2. The van der Waals surface area contributed by atoms with Crippen molar-refractivity contribution in [3.05, 3.63) is 69.5 Å². The number of aromatic hydroxyl groups is 1. The van der Waals surface area contributed by atoms with Gasteiger partial charge in [0.2, 0.25) is 5.88 Å². The van der Waals surface area contributed by atoms with E-state index in [1.54, 1.807) is 19.1 Å². The fourth-order valence-corrected chi connectivity index (χ4v) is 3.98. The van der Waals surface area contributed by atoms with Gasteiger partial charge in [0.25, 0.3) is 0 Å². The Morgan fingerprint density at radius 1 is 1.19 bits per heavy atom. The molecule has 2 aromatic heterocycles. The molecule has 7 nitrogen and oxygen atoms in total. The molecule has 3 aromatic rings. The van der Waals surface area contributed by atoms with E-state index < -0.39 is 17.8 Å². The highest BCUT2D eigenvalue weighted by molar-refractivity contribution is 7.17. The topological polar surface area (TPSA) is 121 Å². The maximum Gasteiger partial charge on any atom is 0.345 e. The van der Waals surface area contributed by atoms with E-state index in [0.717, 1.165) is 16.9 Å². The number of rotatable bonds is 7. The Kier molecular flexibility index (Phi) is 6.62. The maximum absolute atomic E-state index is 13.2. The normalized spacial score (nSPS) is 10.5. The highest BCUT2D eigenvalue weighted by atomic mass is 32.1. The van der Waals surface area contributed by atoms with Crippen LogP contribution >= 0.6 is 11.3 Å². The summed E-state index contributed by atoms with van der Waals surface area (Å²) in [5.41, 5.74) is 0.816. The van der Waals surface area contributed by atoms with Gasteiger partial charge in [-0.3, -0.25) is 0 Å². The molecule has 0 radical (unpaired) electrons. The summed E-state index contributed by atoms with van der Waals surface area (Å²) >= 11 is 0.868. The standard InChI is InChI=1S/C22H17FN2O5S/c1-2-30-22(29)19-15(8-5-12-3-6-13(23)7-4-12)25-20(26)14(11-24)18(19)16-9-10-17(31-16)21(27)28/h3-4,6-7,9-10H,2,5,8H2,1H3,(H,25,26)(H,27,28). The van der Waals surface area contributed by atoms with Crippen LogP contribution in [0.3, 0.4) is 0 Å². The second kappa shape index (κ2) is 9.36. The number of thiophene rings is 1. The smallest absolute Gasteiger partial charge is 0.345 e. The highest BCUT2D eigenvalue weighted by Gasteiger charge is 2.28. The first-order valence-corrected chi connectivity index (χ1v) is 10.1. The van der Waals surface area contributed by atoms with Gasteiger partial charge in [0.05, 0.1) is 17.9 Å². The summed E-state index contributed by atoms with van der Waals surface area (Å²) in [5, 5.41) is 29.2. The Hall–Kier alpha value is -3.77. The van der Waals surface area contributed by atoms with Crippen molar-refractivity contribution in [3.8, 4) is 22.4 Å². The fraction of sp³-hybridized carbons (Fsp3) is 0.182. The molecular formula is C22H17FN2O5S. The first-order valence-electron chi connectivity index (χ1n) is 9.26. The van der Waals surface area contributed by atoms with Crippen molar-refractivity contribution >= 4 is 23.3 Å². The summed E-state index contributed by atoms with van der Waals surface area (Å²) in [5.74, 6) is -2.83. The number of aryl methyl sites for hydroxylation is 2. The van der Waals surface area contributed by atoms with Crippen LogP contribution in [0, 0.1) is 17.1 Å². The van der Waals surface area contributed by atoms with Crippen LogP contribution in [0.25, 0.3) is 10.4 Å². The van der Waals surface area contributed by atoms with Crippen molar-refractivity contribution < 1.29 is 28.9 Å². The van der Waals surface area contributed by atoms with Gasteiger partial charge in [0.15, 0.2) is 0 Å². The average Bonchev–Trinajstić information content (AvgIpc) is 3.23. The molecule has 158 valence electrons. The molecule has 9 heteroatoms. The number of pyridine rings is 1. The van der Waals surface area contributed by atoms with Gasteiger partial charge in [-0.1, -0.05) is 12.1 Å². The second-order valence-corrected chi connectivity index (χ2v) is 7.52. The minimum Gasteiger partial charge on any atom is -0.492 e. The first-order chi connectivity index (χ1) is 14.8. The van der Waals surface area contributed by atoms with Crippen molar-refractivity contribution in [2.75, 3.05) is 6.61 Å². The number of esters is 1. The van der Waals surface area contributed by atoms with E-state index in [1.165, 1.54) is 24.3 Å². The lowest BCUT2D eigenvalue weighted by Crippen LogP contribution is -2.14. The van der Waals surface area contributed by atoms with Gasteiger partial charge in [-0.25, -0.2) is 19.0 Å². The number of hydrogen-bond acceptors (Lipinski definition) is 7. The van der Waals surface area contributed by atoms with E-state index in [4.69, 9.17) is 4.74 Å². The lowest BCUT2D eigenvalue weighted by molar-refractivity contribution is 0.0524. The predicted octanol–water partition coefficient (Wildman–Crippen LogP) is 4.19. The molecule has 0 fully saturated rings. The van der Waals surface area contributed by atoms with Crippen molar-refractivity contribution in [3.63, 3.8) is 0 Å². The third kappa shape index (κ3) is 4.70. The molecule has 3 rings (SSSR count). The molecule has 31 heavy (non-hydrogen) atoms. The lowest BCUT2D eigenvalue weighted by atomic mass is 9.96. The number of aromatic nitrogens is 1. The summed E-state index contributed by atoms with van der Waals surface area (Å²) in [6, 6.07) is 10.5. The largest absolute Gasteiger partial charge is 0.492 e. The molecule has 0 saturated heterocycles. The maximum atomic E-state index is 13.2. The number of nitriles is 1. The van der Waals surface area contributed by atoms with Gasteiger partial charge in [0, 0.05) is 10.4 Å². The van der Waals surface area contributed by atoms with E-state index in [-0.39, 0.29) is 46.1 Å². The molecule has 0 aliphatic carbocycles. The van der Waals surface area contributed by atoms with E-state index >= 15 is 0 Å². The van der Waals surface area contributed by atoms with E-state index in [9.17, 15) is 29.5 Å². The quantitative estimate of drug-likeness (QED) is 0.529. The minimum absolute atomic E-state index is 0.00268. The number of ether oxygens (including phenoxy) is 1. The molecule has 2 N–H and O–H groups in total. The van der Waals surface area contributed by atoms with E-state index in [0.29, 0.717) is 11.3 Å². The molecule has 1 aromatic carbocycles. The monoisotopic (exact) mass is 440 g/mol. The number of benzene rings is 1. The molecule has 0 atom stereocenters. The van der Waals surface area contributed by atoms with Gasteiger partial charge < -0.3 is 14.9 Å². The third-order valence-corrected chi connectivity index (χ3v) is 5.56. The van der Waals surface area contributed by atoms with Crippen LogP contribution in [-0.2, 0) is 17.6 Å². The zero-order valence-corrected chi connectivity index (χ0v) is 17.2. The molecule has 0 spiro atoms. The Labute approximate surface area is 181 Å². The lowest BCUT2D eigenvalue weighted by Gasteiger charge is -2.15. The number of aromatic carboxylic acids is 1. The second-order valence-electron chi connectivity index (χ2n) is 6.43. The average molecular weight is 440 g/mol. The van der Waals surface area contributed by atoms with Crippen LogP contribution in [-0.4, -0.2) is 33.7 Å². The van der Waals surface area contributed by atoms with Crippen LogP contribution in [0.2, 0.25) is 0 Å². The molecule has 0 saturated carbocycles. The molecule has 0 aliphatic heterocycles. The third-order valence-electron chi connectivity index (χ3n) is 4.47. The first kappa shape index (κ1) is 21.9. The van der Waals surface area contributed by atoms with E-state index in [2.05, 4.69) is 4.98 Å². The molecule has 0 bridgehead atoms. The number of carbonyl (C=O) groups excluding carboxylic acids is 1. The number of carboxylic acids is 1. The summed E-state index contributed by atoms with van der Waals surface area (Å²) < 4.78 is 18.3. The summed E-state index contributed by atoms with van der Waals surface area (Å²) in [6.07, 6.45) is 0.582. The van der Waals surface area contributed by atoms with Gasteiger partial charge in [-0.2, -0.15) is 5.26 Å².